The average Bonchev–Trinajstić information content (AvgIpc) is 2.85. The largest absolute Gasteiger partial charge is 0.469 e. The van der Waals surface area contributed by atoms with E-state index in [1.807, 2.05) is 24.3 Å². The lowest BCUT2D eigenvalue weighted by Gasteiger charge is -2.07. The second kappa shape index (κ2) is 4.57. The van der Waals surface area contributed by atoms with Crippen molar-refractivity contribution >= 4 is 22.5 Å². The van der Waals surface area contributed by atoms with Crippen molar-refractivity contribution in [2.75, 3.05) is 5.32 Å². The quantitative estimate of drug-likeness (QED) is 0.760. The zero-order valence-corrected chi connectivity index (χ0v) is 10.4. The molecule has 0 fully saturated rings. The van der Waals surface area contributed by atoms with Gasteiger partial charge in [-0.1, -0.05) is 18.2 Å². The Morgan fingerprint density at radius 1 is 1.21 bits per heavy atom. The number of carbonyl (C=O) groups excluding carboxylic acids is 1. The van der Waals surface area contributed by atoms with Crippen LogP contribution >= 0.6 is 0 Å². The van der Waals surface area contributed by atoms with Crippen molar-refractivity contribution < 1.29 is 9.21 Å². The van der Waals surface area contributed by atoms with Gasteiger partial charge in [-0.2, -0.15) is 0 Å². The molecule has 3 rings (SSSR count). The Labute approximate surface area is 110 Å². The molecule has 1 N–H and O–H groups in total. The van der Waals surface area contributed by atoms with Crippen LogP contribution in [0.25, 0.3) is 10.9 Å². The topological polar surface area (TPSA) is 55.1 Å². The number of aryl methyl sites for hydroxylation is 1. The molecule has 0 saturated carbocycles. The summed E-state index contributed by atoms with van der Waals surface area (Å²) in [4.78, 5) is 16.4. The van der Waals surface area contributed by atoms with Crippen LogP contribution in [0.4, 0.5) is 5.69 Å². The highest BCUT2D eigenvalue weighted by Gasteiger charge is 2.12. The van der Waals surface area contributed by atoms with Gasteiger partial charge < -0.3 is 9.73 Å². The van der Waals surface area contributed by atoms with Crippen LogP contribution in [-0.2, 0) is 0 Å². The lowest BCUT2D eigenvalue weighted by molar-refractivity contribution is 0.102. The van der Waals surface area contributed by atoms with Crippen LogP contribution in [0.5, 0.6) is 0 Å². The molecule has 0 aliphatic carbocycles. The number of nitrogens with one attached hydrogen (secondary N) is 1. The maximum Gasteiger partial charge on any atom is 0.259 e. The fourth-order valence-corrected chi connectivity index (χ4v) is 2.02. The van der Waals surface area contributed by atoms with Crippen molar-refractivity contribution in [3.63, 3.8) is 0 Å². The Balaban J connectivity index is 1.98. The number of nitrogens with zero attached hydrogens (tertiary/aromatic N) is 1. The number of fused-ring (bicyclic) bond motifs is 1. The minimum Gasteiger partial charge on any atom is -0.469 e. The van der Waals surface area contributed by atoms with Crippen LogP contribution in [-0.4, -0.2) is 10.9 Å². The van der Waals surface area contributed by atoms with E-state index in [0.29, 0.717) is 11.3 Å². The van der Waals surface area contributed by atoms with E-state index in [1.165, 1.54) is 6.26 Å². The molecule has 0 aliphatic rings. The summed E-state index contributed by atoms with van der Waals surface area (Å²) in [5, 5.41) is 3.81. The summed E-state index contributed by atoms with van der Waals surface area (Å²) in [5.41, 5.74) is 2.14. The molecule has 0 atom stereocenters. The van der Waals surface area contributed by atoms with Crippen LogP contribution in [0.2, 0.25) is 0 Å². The van der Waals surface area contributed by atoms with E-state index < -0.39 is 0 Å². The molecule has 0 aliphatic heterocycles. The predicted molar refractivity (Wildman–Crippen MR) is 73.1 cm³/mol. The second-order valence-corrected chi connectivity index (χ2v) is 4.22. The number of pyridine rings is 1. The third kappa shape index (κ3) is 2.08. The van der Waals surface area contributed by atoms with Crippen LogP contribution in [0, 0.1) is 6.92 Å². The van der Waals surface area contributed by atoms with E-state index in [2.05, 4.69) is 10.3 Å². The van der Waals surface area contributed by atoms with Gasteiger partial charge in [0.05, 0.1) is 23.0 Å². The molecular formula is C15H12N2O2. The summed E-state index contributed by atoms with van der Waals surface area (Å²) in [6.45, 7) is 1.76. The normalized spacial score (nSPS) is 10.6. The van der Waals surface area contributed by atoms with Gasteiger partial charge in [-0.15, -0.1) is 0 Å². The number of furan rings is 1. The minimum absolute atomic E-state index is 0.178. The SMILES string of the molecule is Cc1occc1C(=O)Nc1ccnc2ccccc12. The molecule has 2 heterocycles. The van der Waals surface area contributed by atoms with Gasteiger partial charge in [0.15, 0.2) is 0 Å². The molecule has 0 spiro atoms. The summed E-state index contributed by atoms with van der Waals surface area (Å²) < 4.78 is 5.14. The summed E-state index contributed by atoms with van der Waals surface area (Å²) in [6, 6.07) is 11.1. The number of amides is 1. The highest BCUT2D eigenvalue weighted by molar-refractivity contribution is 6.08. The molecule has 94 valence electrons. The van der Waals surface area contributed by atoms with Crippen molar-refractivity contribution in [1.82, 2.24) is 4.98 Å². The van der Waals surface area contributed by atoms with E-state index in [9.17, 15) is 4.79 Å². The molecular weight excluding hydrogens is 240 g/mol. The highest BCUT2D eigenvalue weighted by Crippen LogP contribution is 2.22. The van der Waals surface area contributed by atoms with Gasteiger partial charge in [0, 0.05) is 11.6 Å². The fraction of sp³-hybridized carbons (Fsp3) is 0.0667. The van der Waals surface area contributed by atoms with Gasteiger partial charge in [-0.3, -0.25) is 9.78 Å². The number of anilines is 1. The molecule has 0 unspecified atom stereocenters. The van der Waals surface area contributed by atoms with Gasteiger partial charge in [0.1, 0.15) is 5.76 Å². The number of hydrogen-bond acceptors (Lipinski definition) is 3. The van der Waals surface area contributed by atoms with Crippen molar-refractivity contribution in [2.24, 2.45) is 0 Å². The first-order valence-corrected chi connectivity index (χ1v) is 5.95. The zero-order valence-electron chi connectivity index (χ0n) is 10.4. The van der Waals surface area contributed by atoms with Crippen LogP contribution in [0.3, 0.4) is 0 Å². The van der Waals surface area contributed by atoms with Gasteiger partial charge in [-0.25, -0.2) is 0 Å². The molecule has 4 heteroatoms. The Morgan fingerprint density at radius 2 is 2.05 bits per heavy atom. The molecule has 1 aromatic carbocycles. The molecule has 0 radical (unpaired) electrons. The molecule has 4 nitrogen and oxygen atoms in total. The van der Waals surface area contributed by atoms with Crippen LogP contribution in [0.15, 0.2) is 53.3 Å². The Kier molecular flexibility index (Phi) is 2.76. The number of rotatable bonds is 2. The maximum absolute atomic E-state index is 12.1. The highest BCUT2D eigenvalue weighted by atomic mass is 16.3. The monoisotopic (exact) mass is 252 g/mol. The molecule has 2 aromatic heterocycles. The Bertz CT molecular complexity index is 741. The number of benzene rings is 1. The third-order valence-corrected chi connectivity index (χ3v) is 3.00. The summed E-state index contributed by atoms with van der Waals surface area (Å²) in [7, 11) is 0. The predicted octanol–water partition coefficient (Wildman–Crippen LogP) is 3.39. The van der Waals surface area contributed by atoms with Gasteiger partial charge in [-0.05, 0) is 25.1 Å². The standard InChI is InChI=1S/C15H12N2O2/c1-10-11(7-9-19-10)15(18)17-14-6-8-16-13-5-3-2-4-12(13)14/h2-9H,1H3,(H,16,17,18). The smallest absolute Gasteiger partial charge is 0.259 e. The second-order valence-electron chi connectivity index (χ2n) is 4.22. The summed E-state index contributed by atoms with van der Waals surface area (Å²) >= 11 is 0. The minimum atomic E-state index is -0.178. The van der Waals surface area contributed by atoms with E-state index in [0.717, 1.165) is 16.6 Å². The van der Waals surface area contributed by atoms with Crippen LogP contribution in [0.1, 0.15) is 16.1 Å². The number of aromatic nitrogens is 1. The van der Waals surface area contributed by atoms with Gasteiger partial charge in [0.25, 0.3) is 5.91 Å². The zero-order chi connectivity index (χ0) is 13.2. The van der Waals surface area contributed by atoms with Crippen molar-refractivity contribution in [1.29, 1.82) is 0 Å². The maximum atomic E-state index is 12.1. The Hall–Kier alpha value is -2.62. The van der Waals surface area contributed by atoms with E-state index in [-0.39, 0.29) is 5.91 Å². The number of para-hydroxylation sites is 1. The number of carbonyl (C=O) groups is 1. The third-order valence-electron chi connectivity index (χ3n) is 3.00. The molecule has 3 aromatic rings. The molecule has 1 amide bonds. The van der Waals surface area contributed by atoms with E-state index >= 15 is 0 Å². The summed E-state index contributed by atoms with van der Waals surface area (Å²) in [6.07, 6.45) is 3.19. The van der Waals surface area contributed by atoms with Crippen LogP contribution < -0.4 is 5.32 Å². The lowest BCUT2D eigenvalue weighted by Crippen LogP contribution is -2.12. The molecule has 0 saturated heterocycles. The fourth-order valence-electron chi connectivity index (χ4n) is 2.02. The van der Waals surface area contributed by atoms with E-state index in [4.69, 9.17) is 4.42 Å². The van der Waals surface area contributed by atoms with Crippen molar-refractivity contribution in [3.8, 4) is 0 Å². The lowest BCUT2D eigenvalue weighted by atomic mass is 10.1. The van der Waals surface area contributed by atoms with E-state index in [1.54, 1.807) is 25.3 Å². The first-order chi connectivity index (χ1) is 9.25. The summed E-state index contributed by atoms with van der Waals surface area (Å²) in [5.74, 6) is 0.429. The van der Waals surface area contributed by atoms with Gasteiger partial charge in [0.2, 0.25) is 0 Å². The number of hydrogen-bond donors (Lipinski definition) is 1. The first-order valence-electron chi connectivity index (χ1n) is 5.95. The average molecular weight is 252 g/mol. The van der Waals surface area contributed by atoms with Crippen molar-refractivity contribution in [3.05, 3.63) is 60.2 Å². The molecule has 19 heavy (non-hydrogen) atoms. The Morgan fingerprint density at radius 3 is 2.84 bits per heavy atom. The molecule has 0 bridgehead atoms. The van der Waals surface area contributed by atoms with Gasteiger partial charge >= 0.3 is 0 Å². The first kappa shape index (κ1) is 11.5. The van der Waals surface area contributed by atoms with Crippen molar-refractivity contribution in [2.45, 2.75) is 6.92 Å².